The average molecular weight is 361 g/mol. The standard InChI is InChI=1S/C17H20N4OS2/c1-11-9-14-15(10-12(11)2)24-17(21(14)7-8-23-4)19-16(22)13-5-6-18-20(13)3/h5-6,9-10H,7-8H2,1-4H3. The van der Waals surface area contributed by atoms with E-state index in [1.165, 1.54) is 11.1 Å². The normalized spacial score (nSPS) is 12.2. The van der Waals surface area contributed by atoms with Crippen LogP contribution < -0.4 is 4.80 Å². The lowest BCUT2D eigenvalue weighted by molar-refractivity contribution is 0.0989. The number of thioether (sulfide) groups is 1. The first-order chi connectivity index (χ1) is 11.5. The molecule has 1 aromatic carbocycles. The van der Waals surface area contributed by atoms with Crippen molar-refractivity contribution in [2.75, 3.05) is 12.0 Å². The van der Waals surface area contributed by atoms with Crippen LogP contribution in [0.5, 0.6) is 0 Å². The molecule has 0 saturated carbocycles. The minimum Gasteiger partial charge on any atom is -0.315 e. The Morgan fingerprint density at radius 2 is 2.08 bits per heavy atom. The molecule has 0 spiro atoms. The molecule has 2 aromatic heterocycles. The Kier molecular flexibility index (Phi) is 4.91. The van der Waals surface area contributed by atoms with Crippen molar-refractivity contribution in [1.82, 2.24) is 14.3 Å². The highest BCUT2D eigenvalue weighted by molar-refractivity contribution is 7.98. The minimum absolute atomic E-state index is 0.257. The van der Waals surface area contributed by atoms with Crippen LogP contribution in [0.25, 0.3) is 10.2 Å². The van der Waals surface area contributed by atoms with E-state index in [0.717, 1.165) is 27.3 Å². The second kappa shape index (κ2) is 6.94. The van der Waals surface area contributed by atoms with Crippen LogP contribution in [-0.4, -0.2) is 32.3 Å². The topological polar surface area (TPSA) is 52.2 Å². The number of amides is 1. The summed E-state index contributed by atoms with van der Waals surface area (Å²) in [4.78, 5) is 17.6. The summed E-state index contributed by atoms with van der Waals surface area (Å²) in [6.07, 6.45) is 3.70. The molecule has 126 valence electrons. The molecule has 0 bridgehead atoms. The Bertz CT molecular complexity index is 965. The maximum atomic E-state index is 12.5. The van der Waals surface area contributed by atoms with Crippen LogP contribution in [0.15, 0.2) is 29.4 Å². The van der Waals surface area contributed by atoms with Crippen molar-refractivity contribution < 1.29 is 4.79 Å². The molecule has 0 saturated heterocycles. The Labute approximate surface area is 149 Å². The highest BCUT2D eigenvalue weighted by Gasteiger charge is 2.12. The smallest absolute Gasteiger partial charge is 0.297 e. The van der Waals surface area contributed by atoms with E-state index in [2.05, 4.69) is 46.9 Å². The first kappa shape index (κ1) is 17.0. The number of fused-ring (bicyclic) bond motifs is 1. The molecule has 0 aliphatic rings. The molecule has 1 amide bonds. The van der Waals surface area contributed by atoms with Gasteiger partial charge in [0.05, 0.1) is 10.2 Å². The van der Waals surface area contributed by atoms with Crippen LogP contribution in [0.4, 0.5) is 0 Å². The van der Waals surface area contributed by atoms with E-state index in [4.69, 9.17) is 0 Å². The van der Waals surface area contributed by atoms with Gasteiger partial charge >= 0.3 is 0 Å². The van der Waals surface area contributed by atoms with E-state index in [-0.39, 0.29) is 5.91 Å². The number of aryl methyl sites for hydroxylation is 4. The van der Waals surface area contributed by atoms with Crippen molar-refractivity contribution in [1.29, 1.82) is 0 Å². The maximum absolute atomic E-state index is 12.5. The van der Waals surface area contributed by atoms with E-state index >= 15 is 0 Å². The van der Waals surface area contributed by atoms with Gasteiger partial charge in [-0.15, -0.1) is 0 Å². The van der Waals surface area contributed by atoms with E-state index in [1.54, 1.807) is 47.1 Å². The summed E-state index contributed by atoms with van der Waals surface area (Å²) in [5.74, 6) is 0.721. The Morgan fingerprint density at radius 3 is 2.75 bits per heavy atom. The second-order valence-corrected chi connectivity index (χ2v) is 7.68. The molecule has 0 radical (unpaired) electrons. The third kappa shape index (κ3) is 3.18. The zero-order valence-corrected chi connectivity index (χ0v) is 15.9. The van der Waals surface area contributed by atoms with Gasteiger partial charge in [-0.2, -0.15) is 21.9 Å². The highest BCUT2D eigenvalue weighted by Crippen LogP contribution is 2.22. The Hall–Kier alpha value is -1.86. The number of benzene rings is 1. The Balaban J connectivity index is 2.17. The van der Waals surface area contributed by atoms with Crippen molar-refractivity contribution in [3.63, 3.8) is 0 Å². The third-order valence-electron chi connectivity index (χ3n) is 4.05. The molecule has 0 fully saturated rings. The number of nitrogens with zero attached hydrogens (tertiary/aromatic N) is 4. The molecule has 0 N–H and O–H groups in total. The molecule has 7 heteroatoms. The predicted molar refractivity (Wildman–Crippen MR) is 101 cm³/mol. The first-order valence-electron chi connectivity index (χ1n) is 7.68. The molecule has 5 nitrogen and oxygen atoms in total. The lowest BCUT2D eigenvalue weighted by Gasteiger charge is -2.06. The number of hydrogen-bond acceptors (Lipinski definition) is 4. The molecule has 24 heavy (non-hydrogen) atoms. The number of rotatable bonds is 4. The van der Waals surface area contributed by atoms with Crippen molar-refractivity contribution in [2.45, 2.75) is 20.4 Å². The van der Waals surface area contributed by atoms with Gasteiger partial charge in [0.15, 0.2) is 4.80 Å². The van der Waals surface area contributed by atoms with E-state index in [1.807, 2.05) is 0 Å². The fourth-order valence-electron chi connectivity index (χ4n) is 2.53. The van der Waals surface area contributed by atoms with E-state index in [0.29, 0.717) is 5.69 Å². The fraction of sp³-hybridized carbons (Fsp3) is 0.353. The number of carbonyl (C=O) groups excluding carboxylic acids is 1. The number of aromatic nitrogens is 3. The monoisotopic (exact) mass is 360 g/mol. The zero-order chi connectivity index (χ0) is 17.3. The number of carbonyl (C=O) groups is 1. The van der Waals surface area contributed by atoms with Gasteiger partial charge in [-0.05, 0) is 49.4 Å². The molecule has 0 unspecified atom stereocenters. The van der Waals surface area contributed by atoms with Crippen LogP contribution in [0.1, 0.15) is 21.6 Å². The largest absolute Gasteiger partial charge is 0.315 e. The summed E-state index contributed by atoms with van der Waals surface area (Å²) in [7, 11) is 1.75. The highest BCUT2D eigenvalue weighted by atomic mass is 32.2. The molecular weight excluding hydrogens is 340 g/mol. The molecule has 3 rings (SSSR count). The summed E-state index contributed by atoms with van der Waals surface area (Å²) >= 11 is 3.35. The van der Waals surface area contributed by atoms with Crippen LogP contribution in [0, 0.1) is 13.8 Å². The summed E-state index contributed by atoms with van der Waals surface area (Å²) in [6.45, 7) is 5.06. The van der Waals surface area contributed by atoms with Gasteiger partial charge in [0.2, 0.25) is 0 Å². The van der Waals surface area contributed by atoms with Crippen LogP contribution in [0.3, 0.4) is 0 Å². The van der Waals surface area contributed by atoms with Crippen molar-refractivity contribution in [3.8, 4) is 0 Å². The lowest BCUT2D eigenvalue weighted by atomic mass is 10.1. The first-order valence-corrected chi connectivity index (χ1v) is 9.89. The maximum Gasteiger partial charge on any atom is 0.297 e. The van der Waals surface area contributed by atoms with Gasteiger partial charge in [0.25, 0.3) is 5.91 Å². The quantitative estimate of drug-likeness (QED) is 0.718. The fourth-order valence-corrected chi connectivity index (χ4v) is 4.03. The van der Waals surface area contributed by atoms with E-state index in [9.17, 15) is 4.79 Å². The molecule has 0 atom stereocenters. The van der Waals surface area contributed by atoms with Crippen molar-refractivity contribution in [2.24, 2.45) is 12.0 Å². The average Bonchev–Trinajstić information content (AvgIpc) is 3.10. The van der Waals surface area contributed by atoms with Gasteiger partial charge in [-0.25, -0.2) is 0 Å². The van der Waals surface area contributed by atoms with Gasteiger partial charge in [0, 0.05) is 25.5 Å². The summed E-state index contributed by atoms with van der Waals surface area (Å²) in [5.41, 5.74) is 4.15. The van der Waals surface area contributed by atoms with E-state index < -0.39 is 0 Å². The van der Waals surface area contributed by atoms with Crippen LogP contribution >= 0.6 is 23.1 Å². The summed E-state index contributed by atoms with van der Waals surface area (Å²) in [6, 6.07) is 6.06. The molecule has 0 aliphatic heterocycles. The minimum atomic E-state index is -0.257. The second-order valence-electron chi connectivity index (χ2n) is 5.69. The third-order valence-corrected chi connectivity index (χ3v) is 5.69. The molecule has 2 heterocycles. The number of thiazole rings is 1. The lowest BCUT2D eigenvalue weighted by Crippen LogP contribution is -2.19. The number of hydrogen-bond donors (Lipinski definition) is 0. The molecule has 0 aliphatic carbocycles. The summed E-state index contributed by atoms with van der Waals surface area (Å²) in [5, 5.41) is 4.05. The van der Waals surface area contributed by atoms with Gasteiger partial charge in [-0.1, -0.05) is 11.3 Å². The molecular formula is C17H20N4OS2. The van der Waals surface area contributed by atoms with Gasteiger partial charge in [-0.3, -0.25) is 9.48 Å². The van der Waals surface area contributed by atoms with Crippen LogP contribution in [0.2, 0.25) is 0 Å². The SMILES string of the molecule is CSCCn1c(=NC(=O)c2ccnn2C)sc2cc(C)c(C)cc21. The van der Waals surface area contributed by atoms with Gasteiger partial charge < -0.3 is 4.57 Å². The summed E-state index contributed by atoms with van der Waals surface area (Å²) < 4.78 is 4.87. The molecule has 3 aromatic rings. The van der Waals surface area contributed by atoms with Crippen molar-refractivity contribution in [3.05, 3.63) is 46.0 Å². The zero-order valence-electron chi connectivity index (χ0n) is 14.2. The van der Waals surface area contributed by atoms with Gasteiger partial charge in [0.1, 0.15) is 5.69 Å². The predicted octanol–water partition coefficient (Wildman–Crippen LogP) is 3.16. The van der Waals surface area contributed by atoms with Crippen LogP contribution in [-0.2, 0) is 13.6 Å². The van der Waals surface area contributed by atoms with Crippen molar-refractivity contribution >= 4 is 39.2 Å². The Morgan fingerprint density at radius 1 is 1.33 bits per heavy atom.